The Hall–Kier alpha value is -4.59. The largest absolute Gasteiger partial charge is 0.316 e. The fourth-order valence-corrected chi connectivity index (χ4v) is 3.45. The zero-order chi connectivity index (χ0) is 22.7. The Morgan fingerprint density at radius 1 is 0.906 bits per heavy atom. The van der Waals surface area contributed by atoms with E-state index in [4.69, 9.17) is 0 Å². The van der Waals surface area contributed by atoms with Gasteiger partial charge in [0, 0.05) is 24.2 Å². The number of amides is 1. The van der Waals surface area contributed by atoms with Crippen molar-refractivity contribution in [3.05, 3.63) is 111 Å². The molecule has 4 aromatic rings. The van der Waals surface area contributed by atoms with Crippen LogP contribution in [0.2, 0.25) is 0 Å². The first-order chi connectivity index (χ1) is 15.5. The van der Waals surface area contributed by atoms with E-state index >= 15 is 0 Å². The zero-order valence-corrected chi connectivity index (χ0v) is 17.1. The molecular formula is C24H18N4O4. The molecule has 0 radical (unpaired) electrons. The van der Waals surface area contributed by atoms with Crippen LogP contribution in [0, 0.1) is 10.1 Å². The number of aryl methyl sites for hydroxylation is 1. The molecule has 8 nitrogen and oxygen atoms in total. The Labute approximate surface area is 182 Å². The zero-order valence-electron chi connectivity index (χ0n) is 17.1. The molecule has 0 atom stereocenters. The van der Waals surface area contributed by atoms with Gasteiger partial charge in [-0.15, -0.1) is 0 Å². The molecule has 0 aliphatic heterocycles. The Morgan fingerprint density at radius 3 is 2.09 bits per heavy atom. The number of hydrogen-bond acceptors (Lipinski definition) is 5. The molecule has 0 saturated carbocycles. The Balaban J connectivity index is 1.96. The van der Waals surface area contributed by atoms with E-state index in [0.717, 1.165) is 10.2 Å². The molecule has 0 saturated heterocycles. The van der Waals surface area contributed by atoms with Gasteiger partial charge in [-0.1, -0.05) is 72.8 Å². The van der Waals surface area contributed by atoms with E-state index in [-0.39, 0.29) is 16.9 Å². The second-order valence-electron chi connectivity index (χ2n) is 6.99. The quantitative estimate of drug-likeness (QED) is 0.379. The summed E-state index contributed by atoms with van der Waals surface area (Å²) in [5, 5.41) is 18.3. The van der Waals surface area contributed by atoms with Crippen LogP contribution in [-0.4, -0.2) is 20.6 Å². The lowest BCUT2D eigenvalue weighted by atomic mass is 9.95. The Bertz CT molecular complexity index is 1370. The summed E-state index contributed by atoms with van der Waals surface area (Å²) in [5.74, 6) is -0.752. The highest BCUT2D eigenvalue weighted by atomic mass is 16.6. The highest BCUT2D eigenvalue weighted by molar-refractivity contribution is 6.11. The van der Waals surface area contributed by atoms with Crippen LogP contribution in [0.5, 0.6) is 0 Å². The van der Waals surface area contributed by atoms with E-state index in [9.17, 15) is 19.7 Å². The maximum Gasteiger partial charge on any atom is 0.292 e. The third-order valence-electron chi connectivity index (χ3n) is 4.93. The fourth-order valence-electron chi connectivity index (χ4n) is 3.45. The molecule has 8 heteroatoms. The smallest absolute Gasteiger partial charge is 0.292 e. The van der Waals surface area contributed by atoms with Crippen molar-refractivity contribution in [2.45, 2.75) is 0 Å². The summed E-state index contributed by atoms with van der Waals surface area (Å²) >= 11 is 0. The number of nitro groups is 1. The number of para-hydroxylation sites is 2. The molecule has 0 spiro atoms. The molecule has 1 aromatic heterocycles. The molecule has 0 fully saturated rings. The van der Waals surface area contributed by atoms with E-state index in [0.29, 0.717) is 16.8 Å². The van der Waals surface area contributed by atoms with Crippen molar-refractivity contribution in [1.82, 2.24) is 9.78 Å². The highest BCUT2D eigenvalue weighted by Crippen LogP contribution is 2.33. The second kappa shape index (κ2) is 8.65. The standard InChI is InChI=1S/C24H18N4O4/c1-27-24(30)21(23(29)25-18-14-8-9-15-19(18)28(31)32)20(16-10-4-2-5-11-16)22(26-27)17-12-6-3-7-13-17/h2-15H,1H3,(H,25,29). The maximum atomic E-state index is 13.4. The molecule has 0 aliphatic carbocycles. The minimum absolute atomic E-state index is 0.00152. The van der Waals surface area contributed by atoms with Crippen LogP contribution >= 0.6 is 0 Å². The van der Waals surface area contributed by atoms with E-state index in [1.54, 1.807) is 30.3 Å². The van der Waals surface area contributed by atoms with Gasteiger partial charge < -0.3 is 5.32 Å². The lowest BCUT2D eigenvalue weighted by Crippen LogP contribution is -2.31. The van der Waals surface area contributed by atoms with Gasteiger partial charge in [0.1, 0.15) is 11.3 Å². The van der Waals surface area contributed by atoms with Gasteiger partial charge >= 0.3 is 0 Å². The van der Waals surface area contributed by atoms with Gasteiger partial charge in [-0.2, -0.15) is 5.10 Å². The van der Waals surface area contributed by atoms with E-state index < -0.39 is 16.4 Å². The third kappa shape index (κ3) is 3.89. The van der Waals surface area contributed by atoms with Crippen LogP contribution in [0.15, 0.2) is 89.7 Å². The van der Waals surface area contributed by atoms with E-state index in [1.165, 1.54) is 25.2 Å². The summed E-state index contributed by atoms with van der Waals surface area (Å²) in [7, 11) is 1.46. The van der Waals surface area contributed by atoms with Crippen LogP contribution in [0.4, 0.5) is 11.4 Å². The summed E-state index contributed by atoms with van der Waals surface area (Å²) in [4.78, 5) is 37.2. The lowest BCUT2D eigenvalue weighted by molar-refractivity contribution is -0.383. The summed E-state index contributed by atoms with van der Waals surface area (Å²) in [6.45, 7) is 0. The molecule has 1 heterocycles. The maximum absolute atomic E-state index is 13.4. The fraction of sp³-hybridized carbons (Fsp3) is 0.0417. The van der Waals surface area contributed by atoms with Crippen LogP contribution < -0.4 is 10.9 Å². The minimum Gasteiger partial charge on any atom is -0.316 e. The van der Waals surface area contributed by atoms with Gasteiger partial charge in [-0.25, -0.2) is 4.68 Å². The molecule has 0 bridgehead atoms. The predicted octanol–water partition coefficient (Wildman–Crippen LogP) is 4.27. The number of benzene rings is 3. The first-order valence-corrected chi connectivity index (χ1v) is 9.74. The van der Waals surface area contributed by atoms with Crippen molar-refractivity contribution in [3.8, 4) is 22.4 Å². The van der Waals surface area contributed by atoms with Gasteiger partial charge in [-0.05, 0) is 11.6 Å². The number of nitrogens with one attached hydrogen (secondary N) is 1. The van der Waals surface area contributed by atoms with Crippen LogP contribution in [0.25, 0.3) is 22.4 Å². The van der Waals surface area contributed by atoms with E-state index in [2.05, 4.69) is 10.4 Å². The molecular weight excluding hydrogens is 408 g/mol. The molecule has 1 N–H and O–H groups in total. The number of nitrogens with zero attached hydrogens (tertiary/aromatic N) is 3. The van der Waals surface area contributed by atoms with Gasteiger partial charge in [0.2, 0.25) is 0 Å². The number of rotatable bonds is 5. The summed E-state index contributed by atoms with van der Waals surface area (Å²) in [6, 6.07) is 24.0. The second-order valence-corrected chi connectivity index (χ2v) is 6.99. The molecule has 3 aromatic carbocycles. The number of carbonyl (C=O) groups excluding carboxylic acids is 1. The molecule has 1 amide bonds. The average Bonchev–Trinajstić information content (AvgIpc) is 2.81. The van der Waals surface area contributed by atoms with Crippen molar-refractivity contribution in [1.29, 1.82) is 0 Å². The monoisotopic (exact) mass is 426 g/mol. The summed E-state index contributed by atoms with van der Waals surface area (Å²) < 4.78 is 1.10. The van der Waals surface area contributed by atoms with Gasteiger partial charge in [0.05, 0.1) is 10.6 Å². The number of aromatic nitrogens is 2. The van der Waals surface area contributed by atoms with Crippen molar-refractivity contribution < 1.29 is 9.72 Å². The SMILES string of the molecule is Cn1nc(-c2ccccc2)c(-c2ccccc2)c(C(=O)Nc2ccccc2[N+](=O)[O-])c1=O. The molecule has 32 heavy (non-hydrogen) atoms. The van der Waals surface area contributed by atoms with Crippen molar-refractivity contribution in [2.24, 2.45) is 7.05 Å². The topological polar surface area (TPSA) is 107 Å². The number of carbonyl (C=O) groups is 1. The molecule has 158 valence electrons. The van der Waals surface area contributed by atoms with Crippen molar-refractivity contribution in [2.75, 3.05) is 5.32 Å². The predicted molar refractivity (Wildman–Crippen MR) is 121 cm³/mol. The van der Waals surface area contributed by atoms with Gasteiger partial charge in [0.15, 0.2) is 0 Å². The minimum atomic E-state index is -0.752. The number of hydrogen-bond donors (Lipinski definition) is 1. The van der Waals surface area contributed by atoms with Crippen LogP contribution in [-0.2, 0) is 7.05 Å². The molecule has 0 unspecified atom stereocenters. The van der Waals surface area contributed by atoms with Crippen molar-refractivity contribution in [3.63, 3.8) is 0 Å². The highest BCUT2D eigenvalue weighted by Gasteiger charge is 2.26. The van der Waals surface area contributed by atoms with Crippen LogP contribution in [0.3, 0.4) is 0 Å². The molecule has 0 aliphatic rings. The number of nitro benzene ring substituents is 1. The van der Waals surface area contributed by atoms with Crippen LogP contribution in [0.1, 0.15) is 10.4 Å². The lowest BCUT2D eigenvalue weighted by Gasteiger charge is -2.16. The van der Waals surface area contributed by atoms with E-state index in [1.807, 2.05) is 36.4 Å². The van der Waals surface area contributed by atoms with Gasteiger partial charge in [-0.3, -0.25) is 19.7 Å². The third-order valence-corrected chi connectivity index (χ3v) is 4.93. The summed E-state index contributed by atoms with van der Waals surface area (Å²) in [6.07, 6.45) is 0. The van der Waals surface area contributed by atoms with Crippen molar-refractivity contribution >= 4 is 17.3 Å². The first-order valence-electron chi connectivity index (χ1n) is 9.74. The number of anilines is 1. The summed E-state index contributed by atoms with van der Waals surface area (Å²) in [5.41, 5.74) is 1.14. The Morgan fingerprint density at radius 2 is 1.47 bits per heavy atom. The average molecular weight is 426 g/mol. The normalized spacial score (nSPS) is 10.5. The van der Waals surface area contributed by atoms with Gasteiger partial charge in [0.25, 0.3) is 17.2 Å². The first kappa shape index (κ1) is 20.7. The molecule has 4 rings (SSSR count). The Kier molecular flexibility index (Phi) is 5.59.